The molecule has 2 aromatic rings. The summed E-state index contributed by atoms with van der Waals surface area (Å²) in [6.07, 6.45) is 6.95. The average molecular weight is 245 g/mol. The van der Waals surface area contributed by atoms with Gasteiger partial charge in [-0.2, -0.15) is 0 Å². The van der Waals surface area contributed by atoms with Gasteiger partial charge in [0.05, 0.1) is 0 Å². The van der Waals surface area contributed by atoms with Crippen LogP contribution in [0, 0.1) is 5.92 Å². The maximum Gasteiger partial charge on any atom is 0.183 e. The largest absolute Gasteiger partial charge is 0.396 e. The third-order valence-corrected chi connectivity index (χ3v) is 3.33. The van der Waals surface area contributed by atoms with Gasteiger partial charge in [0, 0.05) is 32.1 Å². The Bertz CT molecular complexity index is 541. The number of rotatable bonds is 2. The van der Waals surface area contributed by atoms with Crippen molar-refractivity contribution in [3.63, 3.8) is 0 Å². The molecule has 0 saturated carbocycles. The molecule has 0 spiro atoms. The van der Waals surface area contributed by atoms with Crippen LogP contribution < -0.4 is 4.90 Å². The van der Waals surface area contributed by atoms with Gasteiger partial charge in [-0.3, -0.25) is 0 Å². The van der Waals surface area contributed by atoms with E-state index in [1.54, 1.807) is 12.4 Å². The van der Waals surface area contributed by atoms with Crippen LogP contribution in [-0.4, -0.2) is 44.7 Å². The van der Waals surface area contributed by atoms with Gasteiger partial charge in [0.15, 0.2) is 17.0 Å². The Morgan fingerprint density at radius 1 is 1.22 bits per heavy atom. The number of aliphatic hydroxyl groups excluding tert-OH is 1. The third kappa shape index (κ3) is 1.99. The van der Waals surface area contributed by atoms with Gasteiger partial charge in [-0.25, -0.2) is 19.9 Å². The molecular formula is C12H15N5O. The number of aliphatic hydroxyl groups is 1. The second-order valence-electron chi connectivity index (χ2n) is 4.56. The van der Waals surface area contributed by atoms with Gasteiger partial charge in [0.1, 0.15) is 6.33 Å². The summed E-state index contributed by atoms with van der Waals surface area (Å²) in [5.41, 5.74) is 1.35. The van der Waals surface area contributed by atoms with E-state index in [0.29, 0.717) is 11.6 Å². The minimum absolute atomic E-state index is 0.227. The Morgan fingerprint density at radius 3 is 3.00 bits per heavy atom. The molecule has 6 heteroatoms. The first-order chi connectivity index (χ1) is 8.88. The Kier molecular flexibility index (Phi) is 3.02. The third-order valence-electron chi connectivity index (χ3n) is 3.33. The molecule has 6 nitrogen and oxygen atoms in total. The van der Waals surface area contributed by atoms with E-state index in [0.717, 1.165) is 37.3 Å². The number of piperidine rings is 1. The van der Waals surface area contributed by atoms with Crippen LogP contribution in [0.4, 0.5) is 5.82 Å². The van der Waals surface area contributed by atoms with Crippen LogP contribution in [0.3, 0.4) is 0 Å². The fraction of sp³-hybridized carbons (Fsp3) is 0.500. The van der Waals surface area contributed by atoms with Gasteiger partial charge in [0.25, 0.3) is 0 Å². The average Bonchev–Trinajstić information content (AvgIpc) is 2.47. The summed E-state index contributed by atoms with van der Waals surface area (Å²) in [5.74, 6) is 1.15. The summed E-state index contributed by atoms with van der Waals surface area (Å²) in [4.78, 5) is 19.1. The standard InChI is InChI=1S/C12H15N5O/c18-7-9-2-1-5-17(6-9)12-10-11(15-8-16-12)14-4-3-13-10/h3-4,8-9,18H,1-2,5-7H2/t9-/m1/s1. The van der Waals surface area contributed by atoms with Crippen molar-refractivity contribution < 1.29 is 5.11 Å². The second-order valence-corrected chi connectivity index (χ2v) is 4.56. The second kappa shape index (κ2) is 4.81. The van der Waals surface area contributed by atoms with Crippen molar-refractivity contribution in [2.24, 2.45) is 5.92 Å². The number of nitrogens with zero attached hydrogens (tertiary/aromatic N) is 5. The number of hydrogen-bond donors (Lipinski definition) is 1. The lowest BCUT2D eigenvalue weighted by molar-refractivity contribution is 0.208. The summed E-state index contributed by atoms with van der Waals surface area (Å²) in [6, 6.07) is 0. The van der Waals surface area contributed by atoms with Crippen molar-refractivity contribution in [3.05, 3.63) is 18.7 Å². The van der Waals surface area contributed by atoms with Crippen molar-refractivity contribution in [3.8, 4) is 0 Å². The molecule has 1 aliphatic heterocycles. The van der Waals surface area contributed by atoms with E-state index in [9.17, 15) is 5.11 Å². The van der Waals surface area contributed by atoms with Crippen molar-refractivity contribution in [2.75, 3.05) is 24.6 Å². The van der Waals surface area contributed by atoms with Crippen LogP contribution in [0.1, 0.15) is 12.8 Å². The topological polar surface area (TPSA) is 75.0 Å². The Balaban J connectivity index is 1.98. The van der Waals surface area contributed by atoms with Crippen LogP contribution in [0.25, 0.3) is 11.2 Å². The zero-order valence-corrected chi connectivity index (χ0v) is 10.0. The molecule has 18 heavy (non-hydrogen) atoms. The smallest absolute Gasteiger partial charge is 0.183 e. The van der Waals surface area contributed by atoms with Crippen molar-refractivity contribution >= 4 is 17.0 Å². The first kappa shape index (κ1) is 11.3. The van der Waals surface area contributed by atoms with Crippen LogP contribution in [-0.2, 0) is 0 Å². The van der Waals surface area contributed by atoms with E-state index in [2.05, 4.69) is 24.8 Å². The first-order valence-electron chi connectivity index (χ1n) is 6.16. The fourth-order valence-corrected chi connectivity index (χ4v) is 2.42. The highest BCUT2D eigenvalue weighted by Crippen LogP contribution is 2.24. The van der Waals surface area contributed by atoms with Gasteiger partial charge in [-0.05, 0) is 18.8 Å². The summed E-state index contributed by atoms with van der Waals surface area (Å²) in [6.45, 7) is 1.99. The molecule has 1 saturated heterocycles. The molecule has 0 bridgehead atoms. The predicted octanol–water partition coefficient (Wildman–Crippen LogP) is 0.629. The lowest BCUT2D eigenvalue weighted by atomic mass is 9.99. The predicted molar refractivity (Wildman–Crippen MR) is 67.2 cm³/mol. The van der Waals surface area contributed by atoms with E-state index in [4.69, 9.17) is 0 Å². The summed E-state index contributed by atoms with van der Waals surface area (Å²) >= 11 is 0. The quantitative estimate of drug-likeness (QED) is 0.836. The minimum Gasteiger partial charge on any atom is -0.396 e. The SMILES string of the molecule is OC[C@@H]1CCCN(c2ncnc3nccnc23)C1. The van der Waals surface area contributed by atoms with E-state index in [1.807, 2.05) is 0 Å². The van der Waals surface area contributed by atoms with Crippen molar-refractivity contribution in [1.29, 1.82) is 0 Å². The summed E-state index contributed by atoms with van der Waals surface area (Å²) < 4.78 is 0. The number of fused-ring (bicyclic) bond motifs is 1. The molecule has 0 aliphatic carbocycles. The van der Waals surface area contributed by atoms with E-state index >= 15 is 0 Å². The maximum absolute atomic E-state index is 9.28. The molecule has 1 fully saturated rings. The normalized spacial score (nSPS) is 20.3. The van der Waals surface area contributed by atoms with Crippen molar-refractivity contribution in [2.45, 2.75) is 12.8 Å². The molecular weight excluding hydrogens is 230 g/mol. The zero-order valence-electron chi connectivity index (χ0n) is 10.0. The number of aromatic nitrogens is 4. The molecule has 1 aliphatic rings. The molecule has 1 atom stereocenters. The van der Waals surface area contributed by atoms with Crippen LogP contribution >= 0.6 is 0 Å². The van der Waals surface area contributed by atoms with Gasteiger partial charge in [0.2, 0.25) is 0 Å². The molecule has 0 radical (unpaired) electrons. The minimum atomic E-state index is 0.227. The number of hydrogen-bond acceptors (Lipinski definition) is 6. The Labute approximate surface area is 105 Å². The number of anilines is 1. The monoisotopic (exact) mass is 245 g/mol. The fourth-order valence-electron chi connectivity index (χ4n) is 2.42. The lowest BCUT2D eigenvalue weighted by Gasteiger charge is -2.32. The highest BCUT2D eigenvalue weighted by molar-refractivity contribution is 5.82. The van der Waals surface area contributed by atoms with Crippen LogP contribution in [0.5, 0.6) is 0 Å². The molecule has 1 N–H and O–H groups in total. The Morgan fingerprint density at radius 2 is 2.11 bits per heavy atom. The van der Waals surface area contributed by atoms with Gasteiger partial charge in [-0.1, -0.05) is 0 Å². The van der Waals surface area contributed by atoms with Gasteiger partial charge >= 0.3 is 0 Å². The molecule has 94 valence electrons. The van der Waals surface area contributed by atoms with Crippen LogP contribution in [0.2, 0.25) is 0 Å². The van der Waals surface area contributed by atoms with Gasteiger partial charge in [-0.15, -0.1) is 0 Å². The van der Waals surface area contributed by atoms with E-state index < -0.39 is 0 Å². The van der Waals surface area contributed by atoms with E-state index in [1.165, 1.54) is 6.33 Å². The Hall–Kier alpha value is -1.82. The zero-order chi connectivity index (χ0) is 12.4. The highest BCUT2D eigenvalue weighted by Gasteiger charge is 2.22. The summed E-state index contributed by atoms with van der Waals surface area (Å²) in [5, 5.41) is 9.28. The van der Waals surface area contributed by atoms with Crippen molar-refractivity contribution in [1.82, 2.24) is 19.9 Å². The lowest BCUT2D eigenvalue weighted by Crippen LogP contribution is -2.37. The summed E-state index contributed by atoms with van der Waals surface area (Å²) in [7, 11) is 0. The van der Waals surface area contributed by atoms with E-state index in [-0.39, 0.29) is 6.61 Å². The molecule has 2 aromatic heterocycles. The maximum atomic E-state index is 9.28. The van der Waals surface area contributed by atoms with Gasteiger partial charge < -0.3 is 10.0 Å². The molecule has 3 rings (SSSR count). The first-order valence-corrected chi connectivity index (χ1v) is 6.16. The molecule has 3 heterocycles. The van der Waals surface area contributed by atoms with Crippen LogP contribution in [0.15, 0.2) is 18.7 Å². The molecule has 0 aromatic carbocycles. The highest BCUT2D eigenvalue weighted by atomic mass is 16.3. The molecule has 0 unspecified atom stereocenters. The molecule has 0 amide bonds.